The summed E-state index contributed by atoms with van der Waals surface area (Å²) in [5.41, 5.74) is 0.850. The number of hydrogen-bond acceptors (Lipinski definition) is 5. The monoisotopic (exact) mass is 427 g/mol. The van der Waals surface area contributed by atoms with E-state index in [0.717, 1.165) is 29.1 Å². The summed E-state index contributed by atoms with van der Waals surface area (Å²) >= 11 is 0. The van der Waals surface area contributed by atoms with Crippen LogP contribution in [-0.4, -0.2) is 51.9 Å². The summed E-state index contributed by atoms with van der Waals surface area (Å²) in [5.74, 6) is -2.00. The molecule has 0 unspecified atom stereocenters. The third-order valence-electron chi connectivity index (χ3n) is 5.87. The molecule has 31 heavy (non-hydrogen) atoms. The molecule has 1 saturated carbocycles. The van der Waals surface area contributed by atoms with Crippen LogP contribution in [0.4, 0.5) is 10.5 Å². The zero-order chi connectivity index (χ0) is 22.7. The molecule has 8 heteroatoms. The second-order valence-corrected chi connectivity index (χ2v) is 8.82. The fourth-order valence-electron chi connectivity index (χ4n) is 4.19. The summed E-state index contributed by atoms with van der Waals surface area (Å²) in [4.78, 5) is 64.0. The van der Waals surface area contributed by atoms with E-state index in [0.29, 0.717) is 24.1 Å². The molecular weight excluding hydrogens is 398 g/mol. The second-order valence-electron chi connectivity index (χ2n) is 8.82. The molecule has 2 fully saturated rings. The number of benzene rings is 1. The van der Waals surface area contributed by atoms with Crippen molar-refractivity contribution in [2.45, 2.75) is 58.9 Å². The normalized spacial score (nSPS) is 21.7. The Morgan fingerprint density at radius 1 is 1.03 bits per heavy atom. The third kappa shape index (κ3) is 5.00. The summed E-state index contributed by atoms with van der Waals surface area (Å²) in [7, 11) is 0. The number of imide groups is 2. The van der Waals surface area contributed by atoms with Crippen LogP contribution in [0.15, 0.2) is 24.3 Å². The molecule has 0 aromatic heterocycles. The first-order valence-corrected chi connectivity index (χ1v) is 10.8. The zero-order valence-electron chi connectivity index (χ0n) is 18.2. The molecule has 5 amide bonds. The lowest BCUT2D eigenvalue weighted by Crippen LogP contribution is -2.46. The van der Waals surface area contributed by atoms with Gasteiger partial charge in [-0.25, -0.2) is 9.69 Å². The van der Waals surface area contributed by atoms with E-state index >= 15 is 0 Å². The Morgan fingerprint density at radius 2 is 1.68 bits per heavy atom. The highest BCUT2D eigenvalue weighted by Crippen LogP contribution is 2.31. The van der Waals surface area contributed by atoms with E-state index in [-0.39, 0.29) is 23.8 Å². The molecule has 1 N–H and O–H groups in total. The minimum absolute atomic E-state index is 0.113. The molecule has 3 rings (SSSR count). The van der Waals surface area contributed by atoms with Crippen LogP contribution < -0.4 is 5.32 Å². The maximum atomic E-state index is 12.8. The van der Waals surface area contributed by atoms with Crippen LogP contribution in [0.5, 0.6) is 0 Å². The fraction of sp³-hybridized carbons (Fsp3) is 0.522. The van der Waals surface area contributed by atoms with Crippen LogP contribution in [-0.2, 0) is 14.4 Å². The van der Waals surface area contributed by atoms with E-state index in [4.69, 9.17) is 0 Å². The van der Waals surface area contributed by atoms with Gasteiger partial charge >= 0.3 is 17.8 Å². The minimum atomic E-state index is -0.950. The van der Waals surface area contributed by atoms with Crippen molar-refractivity contribution in [3.63, 3.8) is 0 Å². The van der Waals surface area contributed by atoms with Gasteiger partial charge in [-0.2, -0.15) is 0 Å². The highest BCUT2D eigenvalue weighted by molar-refractivity contribution is 6.45. The first-order valence-electron chi connectivity index (χ1n) is 10.8. The number of nitrogens with zero attached hydrogens (tertiary/aromatic N) is 2. The Hall–Kier alpha value is -3.03. The van der Waals surface area contributed by atoms with E-state index in [2.05, 4.69) is 5.32 Å². The van der Waals surface area contributed by atoms with E-state index in [9.17, 15) is 24.0 Å². The maximum Gasteiger partial charge on any atom is 0.334 e. The Labute approximate surface area is 182 Å². The zero-order valence-corrected chi connectivity index (χ0v) is 18.2. The number of carbonyl (C=O) groups excluding carboxylic acids is 5. The summed E-state index contributed by atoms with van der Waals surface area (Å²) in [6.07, 6.45) is 3.91. The second kappa shape index (κ2) is 9.41. The lowest BCUT2D eigenvalue weighted by molar-refractivity contribution is -0.144. The van der Waals surface area contributed by atoms with Crippen molar-refractivity contribution in [2.24, 2.45) is 11.8 Å². The summed E-state index contributed by atoms with van der Waals surface area (Å²) in [5, 5.41) is 2.76. The largest absolute Gasteiger partial charge is 0.334 e. The third-order valence-corrected chi connectivity index (χ3v) is 5.87. The highest BCUT2D eigenvalue weighted by atomic mass is 16.2. The molecule has 1 aliphatic heterocycles. The minimum Gasteiger partial charge on any atom is -0.326 e. The number of Topliss-reactive ketones (excluding diaryl/α,β-unsaturated/α-hetero) is 1. The number of nitrogens with one attached hydrogen (secondary N) is 1. The Balaban J connectivity index is 1.65. The van der Waals surface area contributed by atoms with E-state index in [1.807, 2.05) is 20.8 Å². The first kappa shape index (κ1) is 22.7. The average Bonchev–Trinajstić information content (AvgIpc) is 2.91. The molecule has 0 bridgehead atoms. The Morgan fingerprint density at radius 3 is 2.29 bits per heavy atom. The molecular formula is C23H29N3O5. The molecule has 8 nitrogen and oxygen atoms in total. The van der Waals surface area contributed by atoms with Gasteiger partial charge in [0.2, 0.25) is 5.91 Å². The van der Waals surface area contributed by atoms with Crippen LogP contribution in [0.25, 0.3) is 0 Å². The van der Waals surface area contributed by atoms with Gasteiger partial charge in [0.25, 0.3) is 0 Å². The number of ketones is 1. The van der Waals surface area contributed by atoms with Crippen molar-refractivity contribution in [1.82, 2.24) is 9.80 Å². The van der Waals surface area contributed by atoms with Gasteiger partial charge in [0.05, 0.1) is 6.54 Å². The van der Waals surface area contributed by atoms with Gasteiger partial charge in [0.1, 0.15) is 0 Å². The van der Waals surface area contributed by atoms with Crippen molar-refractivity contribution < 1.29 is 24.0 Å². The van der Waals surface area contributed by atoms with E-state index in [1.54, 1.807) is 12.1 Å². The standard InChI is InChI=1S/C23H29N3O5/c1-14(2)12-20(28)24-17-10-8-16(9-11-17)19(27)13-25-21(29)22(30)26(23(25)31)18-7-5-4-6-15(18)3/h8-11,14-15,18H,4-7,12-13H2,1-3H3,(H,24,28)/t15-,18-/m1/s1. The maximum absolute atomic E-state index is 12.8. The lowest BCUT2D eigenvalue weighted by atomic mass is 9.85. The summed E-state index contributed by atoms with van der Waals surface area (Å²) < 4.78 is 0. The number of carbonyl (C=O) groups is 5. The molecule has 1 aliphatic carbocycles. The molecule has 0 spiro atoms. The van der Waals surface area contributed by atoms with Gasteiger partial charge in [-0.3, -0.25) is 24.1 Å². The molecule has 0 radical (unpaired) electrons. The lowest BCUT2D eigenvalue weighted by Gasteiger charge is -2.34. The van der Waals surface area contributed by atoms with Gasteiger partial charge in [-0.1, -0.05) is 33.6 Å². The van der Waals surface area contributed by atoms with Crippen LogP contribution in [0, 0.1) is 11.8 Å². The predicted octanol–water partition coefficient (Wildman–Crippen LogP) is 3.22. The van der Waals surface area contributed by atoms with Crippen molar-refractivity contribution in [2.75, 3.05) is 11.9 Å². The van der Waals surface area contributed by atoms with Crippen LogP contribution in [0.1, 0.15) is 63.2 Å². The topological polar surface area (TPSA) is 104 Å². The SMILES string of the molecule is CC(C)CC(=O)Nc1ccc(C(=O)CN2C(=O)C(=O)N([C@@H]3CCCC[C@H]3C)C2=O)cc1. The smallest absolute Gasteiger partial charge is 0.326 e. The van der Waals surface area contributed by atoms with Crippen LogP contribution in [0.2, 0.25) is 0 Å². The molecule has 2 aliphatic rings. The van der Waals surface area contributed by atoms with E-state index in [1.165, 1.54) is 12.1 Å². The molecule has 166 valence electrons. The number of hydrogen-bond donors (Lipinski definition) is 1. The van der Waals surface area contributed by atoms with Gasteiger partial charge in [-0.15, -0.1) is 0 Å². The number of urea groups is 1. The quantitative estimate of drug-likeness (QED) is 0.409. The van der Waals surface area contributed by atoms with Gasteiger partial charge < -0.3 is 5.32 Å². The van der Waals surface area contributed by atoms with Crippen molar-refractivity contribution in [1.29, 1.82) is 0 Å². The summed E-state index contributed by atoms with van der Waals surface area (Å²) in [6, 6.07) is 5.24. The number of rotatable bonds is 7. The van der Waals surface area contributed by atoms with Crippen molar-refractivity contribution in [3.8, 4) is 0 Å². The molecule has 1 heterocycles. The van der Waals surface area contributed by atoms with Gasteiger partial charge in [0.15, 0.2) is 5.78 Å². The Bertz CT molecular complexity index is 893. The van der Waals surface area contributed by atoms with Gasteiger partial charge in [-0.05, 0) is 48.9 Å². The molecule has 1 aromatic rings. The molecule has 2 atom stereocenters. The number of amides is 5. The van der Waals surface area contributed by atoms with Crippen molar-refractivity contribution >= 4 is 35.2 Å². The Kier molecular flexibility index (Phi) is 6.87. The van der Waals surface area contributed by atoms with Crippen LogP contribution >= 0.6 is 0 Å². The van der Waals surface area contributed by atoms with Crippen molar-refractivity contribution in [3.05, 3.63) is 29.8 Å². The predicted molar refractivity (Wildman–Crippen MR) is 114 cm³/mol. The average molecular weight is 428 g/mol. The van der Waals surface area contributed by atoms with Crippen LogP contribution in [0.3, 0.4) is 0 Å². The highest BCUT2D eigenvalue weighted by Gasteiger charge is 2.49. The van der Waals surface area contributed by atoms with Gasteiger partial charge in [0, 0.05) is 23.7 Å². The number of anilines is 1. The molecule has 1 saturated heterocycles. The van der Waals surface area contributed by atoms with E-state index < -0.39 is 30.2 Å². The fourth-order valence-corrected chi connectivity index (χ4v) is 4.19. The first-order chi connectivity index (χ1) is 14.7. The summed E-state index contributed by atoms with van der Waals surface area (Å²) in [6.45, 7) is 5.39. The molecule has 1 aromatic carbocycles.